The van der Waals surface area contributed by atoms with Gasteiger partial charge in [-0.05, 0) is 78.6 Å². The minimum absolute atomic E-state index is 0.0695. The minimum atomic E-state index is -1.26. The molecule has 2 aliphatic rings. The second-order valence-electron chi connectivity index (χ2n) is 9.49. The van der Waals surface area contributed by atoms with Crippen molar-refractivity contribution in [3.63, 3.8) is 0 Å². The number of hydrogen-bond donors (Lipinski definition) is 3. The Hall–Kier alpha value is -1.85. The molecule has 3 N–H and O–H groups in total. The van der Waals surface area contributed by atoms with Crippen molar-refractivity contribution < 1.29 is 23.1 Å². The second kappa shape index (κ2) is 10.4. The Balaban J connectivity index is 1.43. The Morgan fingerprint density at radius 3 is 2.53 bits per heavy atom. The van der Waals surface area contributed by atoms with E-state index in [0.29, 0.717) is 16.0 Å². The molecule has 1 amide bonds. The quantitative estimate of drug-likeness (QED) is 0.390. The van der Waals surface area contributed by atoms with Crippen molar-refractivity contribution in [1.29, 1.82) is 0 Å². The molecular weight excluding hydrogens is 558 g/mol. The van der Waals surface area contributed by atoms with Crippen LogP contribution in [0.25, 0.3) is 0 Å². The summed E-state index contributed by atoms with van der Waals surface area (Å²) in [5.74, 6) is -3.02. The number of hydrogen-bond acceptors (Lipinski definition) is 4. The fourth-order valence-corrected chi connectivity index (χ4v) is 5.27. The van der Waals surface area contributed by atoms with Crippen LogP contribution in [0.3, 0.4) is 0 Å². The van der Waals surface area contributed by atoms with E-state index in [9.17, 15) is 23.1 Å². The molecule has 1 saturated carbocycles. The van der Waals surface area contributed by atoms with Gasteiger partial charge in [0.05, 0.1) is 30.0 Å². The smallest absolute Gasteiger partial charge is 0.256 e. The number of carbonyl (C=O) groups is 1. The van der Waals surface area contributed by atoms with Gasteiger partial charge >= 0.3 is 0 Å². The molecule has 9 heteroatoms. The summed E-state index contributed by atoms with van der Waals surface area (Å²) in [6, 6.07) is 6.59. The maximum absolute atomic E-state index is 14.7. The van der Waals surface area contributed by atoms with Crippen LogP contribution in [-0.2, 0) is 0 Å². The number of β-amino-alcohol motifs (C(OH)–C–C–N with tert-alkyl or cyclic N) is 1. The largest absolute Gasteiger partial charge is 0.385 e. The molecule has 34 heavy (non-hydrogen) atoms. The van der Waals surface area contributed by atoms with E-state index in [0.717, 1.165) is 6.07 Å². The number of benzene rings is 2. The molecule has 1 unspecified atom stereocenters. The first kappa shape index (κ1) is 25.2. The molecule has 2 aromatic carbocycles. The van der Waals surface area contributed by atoms with Gasteiger partial charge in [0.15, 0.2) is 11.6 Å². The molecule has 0 spiro atoms. The van der Waals surface area contributed by atoms with Gasteiger partial charge in [-0.2, -0.15) is 0 Å². The molecule has 1 saturated heterocycles. The fraction of sp³-hybridized carbons (Fsp3) is 0.480. The summed E-state index contributed by atoms with van der Waals surface area (Å²) in [6.45, 7) is 2.63. The van der Waals surface area contributed by atoms with Crippen LogP contribution in [0.1, 0.15) is 49.4 Å². The molecule has 1 heterocycles. The van der Waals surface area contributed by atoms with E-state index >= 15 is 0 Å². The van der Waals surface area contributed by atoms with Gasteiger partial charge in [0.25, 0.3) is 5.91 Å². The van der Waals surface area contributed by atoms with Crippen LogP contribution in [0.2, 0.25) is 0 Å². The van der Waals surface area contributed by atoms with E-state index in [1.807, 2.05) is 22.6 Å². The van der Waals surface area contributed by atoms with Gasteiger partial charge in [-0.25, -0.2) is 13.2 Å². The molecule has 0 bridgehead atoms. The predicted molar refractivity (Wildman–Crippen MR) is 134 cm³/mol. The number of nitrogens with zero attached hydrogens (tertiary/aromatic N) is 1. The second-order valence-corrected chi connectivity index (χ2v) is 10.7. The molecule has 4 rings (SSSR count). The van der Waals surface area contributed by atoms with E-state index in [4.69, 9.17) is 0 Å². The first-order chi connectivity index (χ1) is 16.2. The summed E-state index contributed by atoms with van der Waals surface area (Å²) in [4.78, 5) is 14.5. The first-order valence-corrected chi connectivity index (χ1v) is 12.7. The number of carbonyl (C=O) groups excluding carboxylic acids is 1. The first-order valence-electron chi connectivity index (χ1n) is 11.6. The molecule has 2 aromatic rings. The third-order valence-corrected chi connectivity index (χ3v) is 7.55. The molecule has 2 fully saturated rings. The SMILES string of the molecule is CC(NCC1(O)CN(C(=O)c2ccc(F)c(F)c2Nc2ccc(I)cc2F)C1)C1CCCCC1. The molecule has 1 aliphatic heterocycles. The van der Waals surface area contributed by atoms with Gasteiger partial charge in [0.2, 0.25) is 0 Å². The predicted octanol–water partition coefficient (Wildman–Crippen LogP) is 5.20. The lowest BCUT2D eigenvalue weighted by atomic mass is 9.84. The van der Waals surface area contributed by atoms with Crippen molar-refractivity contribution in [3.05, 3.63) is 56.9 Å². The van der Waals surface area contributed by atoms with Crippen LogP contribution in [0.5, 0.6) is 0 Å². The highest BCUT2D eigenvalue weighted by molar-refractivity contribution is 14.1. The third kappa shape index (κ3) is 5.52. The maximum Gasteiger partial charge on any atom is 0.256 e. The zero-order chi connectivity index (χ0) is 24.5. The van der Waals surface area contributed by atoms with Crippen LogP contribution in [-0.4, -0.2) is 47.2 Å². The van der Waals surface area contributed by atoms with Crippen LogP contribution in [0, 0.1) is 26.9 Å². The highest BCUT2D eigenvalue weighted by atomic mass is 127. The van der Waals surface area contributed by atoms with E-state index in [2.05, 4.69) is 17.6 Å². The van der Waals surface area contributed by atoms with E-state index in [1.165, 1.54) is 55.2 Å². The Bertz CT molecular complexity index is 1060. The van der Waals surface area contributed by atoms with Crippen molar-refractivity contribution >= 4 is 39.9 Å². The normalized spacial score (nSPS) is 18.9. The van der Waals surface area contributed by atoms with Gasteiger partial charge < -0.3 is 20.6 Å². The highest BCUT2D eigenvalue weighted by Crippen LogP contribution is 2.32. The molecule has 1 aliphatic carbocycles. The zero-order valence-electron chi connectivity index (χ0n) is 19.0. The topological polar surface area (TPSA) is 64.6 Å². The van der Waals surface area contributed by atoms with Crippen LogP contribution >= 0.6 is 22.6 Å². The van der Waals surface area contributed by atoms with E-state index in [-0.39, 0.29) is 30.4 Å². The Morgan fingerprint density at radius 2 is 1.85 bits per heavy atom. The van der Waals surface area contributed by atoms with E-state index < -0.39 is 34.6 Å². The number of anilines is 2. The molecule has 0 aromatic heterocycles. The van der Waals surface area contributed by atoms with E-state index in [1.54, 1.807) is 6.07 Å². The Morgan fingerprint density at radius 1 is 1.15 bits per heavy atom. The minimum Gasteiger partial charge on any atom is -0.385 e. The van der Waals surface area contributed by atoms with Gasteiger partial charge in [-0.3, -0.25) is 4.79 Å². The fourth-order valence-electron chi connectivity index (χ4n) is 4.82. The summed E-state index contributed by atoms with van der Waals surface area (Å²) in [5.41, 5.74) is -1.69. The number of likely N-dealkylation sites (tertiary alicyclic amines) is 1. The zero-order valence-corrected chi connectivity index (χ0v) is 21.2. The van der Waals surface area contributed by atoms with Crippen molar-refractivity contribution in [2.75, 3.05) is 25.0 Å². The summed E-state index contributed by atoms with van der Waals surface area (Å²) >= 11 is 1.94. The summed E-state index contributed by atoms with van der Waals surface area (Å²) < 4.78 is 43.6. The number of aliphatic hydroxyl groups is 1. The standard InChI is InChI=1S/C25H29F3IN3O2/c1-15(16-5-3-2-4-6-16)30-12-25(34)13-32(14-25)24(33)18-8-9-19(26)22(28)23(18)31-21-10-7-17(29)11-20(21)27/h7-11,15-16,30-31,34H,2-6,12-14H2,1H3. The average Bonchev–Trinajstić information content (AvgIpc) is 2.80. The highest BCUT2D eigenvalue weighted by Gasteiger charge is 2.44. The lowest BCUT2D eigenvalue weighted by Gasteiger charge is -2.47. The molecule has 1 atom stereocenters. The van der Waals surface area contributed by atoms with Crippen molar-refractivity contribution in [2.24, 2.45) is 5.92 Å². The monoisotopic (exact) mass is 587 g/mol. The molecule has 5 nitrogen and oxygen atoms in total. The maximum atomic E-state index is 14.7. The Labute approximate surface area is 211 Å². The lowest BCUT2D eigenvalue weighted by Crippen LogP contribution is -2.68. The van der Waals surface area contributed by atoms with Gasteiger partial charge in [0.1, 0.15) is 11.4 Å². The molecule has 0 radical (unpaired) electrons. The summed E-state index contributed by atoms with van der Waals surface area (Å²) in [5, 5.41) is 16.8. The van der Waals surface area contributed by atoms with Crippen molar-refractivity contribution in [3.8, 4) is 0 Å². The number of halogens is 4. The lowest BCUT2D eigenvalue weighted by molar-refractivity contribution is -0.0804. The number of rotatable bonds is 7. The molecule has 184 valence electrons. The van der Waals surface area contributed by atoms with Gasteiger partial charge in [0, 0.05) is 16.2 Å². The number of nitrogens with one attached hydrogen (secondary N) is 2. The Kier molecular flexibility index (Phi) is 7.73. The van der Waals surface area contributed by atoms with Crippen LogP contribution in [0.4, 0.5) is 24.5 Å². The molecular formula is C25H29F3IN3O2. The van der Waals surface area contributed by atoms with Gasteiger partial charge in [-0.1, -0.05) is 19.3 Å². The van der Waals surface area contributed by atoms with Crippen LogP contribution in [0.15, 0.2) is 30.3 Å². The number of amides is 1. The summed E-state index contributed by atoms with van der Waals surface area (Å²) in [6.07, 6.45) is 6.12. The van der Waals surface area contributed by atoms with Crippen molar-refractivity contribution in [2.45, 2.75) is 50.7 Å². The average molecular weight is 587 g/mol. The van der Waals surface area contributed by atoms with Crippen molar-refractivity contribution in [1.82, 2.24) is 10.2 Å². The van der Waals surface area contributed by atoms with Gasteiger partial charge in [-0.15, -0.1) is 0 Å². The third-order valence-electron chi connectivity index (χ3n) is 6.88. The summed E-state index contributed by atoms with van der Waals surface area (Å²) in [7, 11) is 0. The van der Waals surface area contributed by atoms with Crippen LogP contribution < -0.4 is 10.6 Å².